The summed E-state index contributed by atoms with van der Waals surface area (Å²) in [6.07, 6.45) is 1.14. The lowest BCUT2D eigenvalue weighted by atomic mass is 10.1. The van der Waals surface area contributed by atoms with Gasteiger partial charge in [-0.25, -0.2) is 4.79 Å². The van der Waals surface area contributed by atoms with Gasteiger partial charge in [0.2, 0.25) is 0 Å². The van der Waals surface area contributed by atoms with E-state index in [9.17, 15) is 9.90 Å². The summed E-state index contributed by atoms with van der Waals surface area (Å²) in [6.45, 7) is 1.28. The summed E-state index contributed by atoms with van der Waals surface area (Å²) >= 11 is 6.01. The summed E-state index contributed by atoms with van der Waals surface area (Å²) < 4.78 is 2.03. The highest BCUT2D eigenvalue weighted by molar-refractivity contribution is 6.31. The molecule has 122 valence electrons. The number of benzene rings is 1. The molecule has 1 atom stereocenters. The average molecular weight is 336 g/mol. The second-order valence-electron chi connectivity index (χ2n) is 5.39. The Morgan fingerprint density at radius 3 is 3.00 bits per heavy atom. The third-order valence-electron chi connectivity index (χ3n) is 3.81. The Hall–Kier alpha value is -2.12. The molecule has 7 nitrogen and oxygen atoms in total. The first kappa shape index (κ1) is 15.8. The van der Waals surface area contributed by atoms with E-state index in [1.54, 1.807) is 24.3 Å². The average Bonchev–Trinajstić information content (AvgIpc) is 3.15. The van der Waals surface area contributed by atoms with Crippen LogP contribution in [0.4, 0.5) is 4.79 Å². The summed E-state index contributed by atoms with van der Waals surface area (Å²) in [7, 11) is 0. The number of aryl methyl sites for hydroxylation is 1. The van der Waals surface area contributed by atoms with Crippen molar-refractivity contribution in [1.82, 2.24) is 25.4 Å². The third-order valence-corrected chi connectivity index (χ3v) is 4.16. The summed E-state index contributed by atoms with van der Waals surface area (Å²) in [5, 5.41) is 24.0. The minimum absolute atomic E-state index is 0.0769. The second-order valence-corrected chi connectivity index (χ2v) is 5.80. The monoisotopic (exact) mass is 335 g/mol. The molecule has 1 unspecified atom stereocenters. The Kier molecular flexibility index (Phi) is 4.78. The SMILES string of the molecule is O=C(NCc1nnc2n1CCC2)NCC(O)c1ccccc1Cl. The van der Waals surface area contributed by atoms with Gasteiger partial charge in [-0.05, 0) is 12.5 Å². The van der Waals surface area contributed by atoms with Crippen LogP contribution < -0.4 is 10.6 Å². The highest BCUT2D eigenvalue weighted by Crippen LogP contribution is 2.21. The van der Waals surface area contributed by atoms with Crippen molar-refractivity contribution in [2.24, 2.45) is 0 Å². The zero-order valence-corrected chi connectivity index (χ0v) is 13.3. The maximum atomic E-state index is 11.8. The van der Waals surface area contributed by atoms with Gasteiger partial charge in [-0.15, -0.1) is 10.2 Å². The van der Waals surface area contributed by atoms with Crippen molar-refractivity contribution in [1.29, 1.82) is 0 Å². The van der Waals surface area contributed by atoms with E-state index in [1.807, 2.05) is 4.57 Å². The van der Waals surface area contributed by atoms with Crippen LogP contribution in [0.25, 0.3) is 0 Å². The first-order valence-corrected chi connectivity index (χ1v) is 7.88. The normalized spacial score (nSPS) is 14.3. The largest absolute Gasteiger partial charge is 0.387 e. The number of halogens is 1. The standard InChI is InChI=1S/C15H18ClN5O2/c16-11-5-2-1-4-10(11)12(22)8-17-15(23)18-9-14-20-19-13-6-3-7-21(13)14/h1-2,4-5,12,22H,3,6-9H2,(H2,17,18,23). The molecule has 1 aromatic heterocycles. The highest BCUT2D eigenvalue weighted by Gasteiger charge is 2.17. The number of urea groups is 1. The Labute approximate surface area is 138 Å². The molecule has 8 heteroatoms. The number of hydrogen-bond donors (Lipinski definition) is 3. The molecule has 0 saturated heterocycles. The molecule has 1 aromatic carbocycles. The molecule has 3 N–H and O–H groups in total. The lowest BCUT2D eigenvalue weighted by molar-refractivity contribution is 0.173. The van der Waals surface area contributed by atoms with Gasteiger partial charge < -0.3 is 20.3 Å². The van der Waals surface area contributed by atoms with Crippen LogP contribution in [0.2, 0.25) is 5.02 Å². The lowest BCUT2D eigenvalue weighted by Crippen LogP contribution is -2.38. The number of rotatable bonds is 5. The van der Waals surface area contributed by atoms with E-state index in [4.69, 9.17) is 11.6 Å². The van der Waals surface area contributed by atoms with Gasteiger partial charge in [0.15, 0.2) is 5.82 Å². The Morgan fingerprint density at radius 2 is 2.17 bits per heavy atom. The van der Waals surface area contributed by atoms with Gasteiger partial charge in [0.05, 0.1) is 12.6 Å². The number of carbonyl (C=O) groups excluding carboxylic acids is 1. The van der Waals surface area contributed by atoms with Crippen molar-refractivity contribution < 1.29 is 9.90 Å². The van der Waals surface area contributed by atoms with Gasteiger partial charge in [-0.2, -0.15) is 0 Å². The summed E-state index contributed by atoms with van der Waals surface area (Å²) in [6, 6.07) is 6.64. The van der Waals surface area contributed by atoms with Crippen molar-refractivity contribution in [2.45, 2.75) is 32.0 Å². The first-order chi connectivity index (χ1) is 11.1. The molecule has 0 radical (unpaired) electrons. The van der Waals surface area contributed by atoms with Crippen molar-refractivity contribution in [2.75, 3.05) is 6.54 Å². The molecule has 0 saturated carbocycles. The fourth-order valence-corrected chi connectivity index (χ4v) is 2.87. The molecule has 1 aliphatic rings. The topological polar surface area (TPSA) is 92.1 Å². The Balaban J connectivity index is 1.47. The van der Waals surface area contributed by atoms with Gasteiger partial charge in [0, 0.05) is 30.1 Å². The molecular formula is C15H18ClN5O2. The van der Waals surface area contributed by atoms with Gasteiger partial charge in [-0.1, -0.05) is 29.8 Å². The number of aliphatic hydroxyl groups excluding tert-OH is 1. The first-order valence-electron chi connectivity index (χ1n) is 7.50. The second kappa shape index (κ2) is 6.97. The van der Waals surface area contributed by atoms with Crippen molar-refractivity contribution in [3.8, 4) is 0 Å². The maximum absolute atomic E-state index is 11.8. The van der Waals surface area contributed by atoms with E-state index in [0.29, 0.717) is 17.1 Å². The molecule has 0 spiro atoms. The fraction of sp³-hybridized carbons (Fsp3) is 0.400. The number of hydrogen-bond acceptors (Lipinski definition) is 4. The Bertz CT molecular complexity index is 703. The molecule has 0 bridgehead atoms. The van der Waals surface area contributed by atoms with Crippen LogP contribution in [-0.4, -0.2) is 32.4 Å². The van der Waals surface area contributed by atoms with Crippen LogP contribution in [-0.2, 0) is 19.5 Å². The quantitative estimate of drug-likeness (QED) is 0.770. The predicted octanol–water partition coefficient (Wildman–Crippen LogP) is 1.41. The summed E-state index contributed by atoms with van der Waals surface area (Å²) in [4.78, 5) is 11.8. The van der Waals surface area contributed by atoms with Gasteiger partial charge >= 0.3 is 6.03 Å². The van der Waals surface area contributed by atoms with E-state index < -0.39 is 6.10 Å². The smallest absolute Gasteiger partial charge is 0.315 e. The summed E-state index contributed by atoms with van der Waals surface area (Å²) in [5.74, 6) is 1.72. The Morgan fingerprint density at radius 1 is 1.35 bits per heavy atom. The number of amides is 2. The molecule has 2 aromatic rings. The van der Waals surface area contributed by atoms with Crippen molar-refractivity contribution >= 4 is 17.6 Å². The molecular weight excluding hydrogens is 318 g/mol. The molecule has 2 amide bonds. The number of carbonyl (C=O) groups is 1. The van der Waals surface area contributed by atoms with E-state index in [1.165, 1.54) is 0 Å². The van der Waals surface area contributed by atoms with Crippen molar-refractivity contribution in [3.05, 3.63) is 46.5 Å². The number of aromatic nitrogens is 3. The molecule has 2 heterocycles. The number of fused-ring (bicyclic) bond motifs is 1. The minimum atomic E-state index is -0.855. The molecule has 0 aliphatic carbocycles. The van der Waals surface area contributed by atoms with Gasteiger partial charge in [0.1, 0.15) is 5.82 Å². The summed E-state index contributed by atoms with van der Waals surface area (Å²) in [5.41, 5.74) is 0.588. The minimum Gasteiger partial charge on any atom is -0.387 e. The molecule has 0 fully saturated rings. The van der Waals surface area contributed by atoms with Crippen LogP contribution in [0.1, 0.15) is 29.7 Å². The fourth-order valence-electron chi connectivity index (χ4n) is 2.61. The third kappa shape index (κ3) is 3.62. The van der Waals surface area contributed by atoms with E-state index in [2.05, 4.69) is 20.8 Å². The lowest BCUT2D eigenvalue weighted by Gasteiger charge is -2.14. The van der Waals surface area contributed by atoms with Gasteiger partial charge in [0.25, 0.3) is 0 Å². The number of nitrogens with zero attached hydrogens (tertiary/aromatic N) is 3. The van der Waals surface area contributed by atoms with E-state index in [0.717, 1.165) is 31.0 Å². The number of nitrogens with one attached hydrogen (secondary N) is 2. The molecule has 3 rings (SSSR count). The van der Waals surface area contributed by atoms with Crippen LogP contribution in [0.3, 0.4) is 0 Å². The van der Waals surface area contributed by atoms with Crippen LogP contribution in [0.5, 0.6) is 0 Å². The van der Waals surface area contributed by atoms with E-state index in [-0.39, 0.29) is 12.6 Å². The highest BCUT2D eigenvalue weighted by atomic mass is 35.5. The molecule has 23 heavy (non-hydrogen) atoms. The number of aliphatic hydroxyl groups is 1. The van der Waals surface area contributed by atoms with Crippen LogP contribution in [0, 0.1) is 0 Å². The van der Waals surface area contributed by atoms with Crippen molar-refractivity contribution in [3.63, 3.8) is 0 Å². The predicted molar refractivity (Wildman–Crippen MR) is 85.0 cm³/mol. The van der Waals surface area contributed by atoms with Crippen LogP contribution >= 0.6 is 11.6 Å². The zero-order valence-electron chi connectivity index (χ0n) is 12.5. The van der Waals surface area contributed by atoms with Crippen LogP contribution in [0.15, 0.2) is 24.3 Å². The van der Waals surface area contributed by atoms with E-state index >= 15 is 0 Å². The maximum Gasteiger partial charge on any atom is 0.315 e. The van der Waals surface area contributed by atoms with Gasteiger partial charge in [-0.3, -0.25) is 0 Å². The molecule has 1 aliphatic heterocycles. The zero-order chi connectivity index (χ0) is 16.2.